The molecule has 0 fully saturated rings. The Hall–Kier alpha value is -3.55. The fourth-order valence-electron chi connectivity index (χ4n) is 4.30. The second-order valence-electron chi connectivity index (χ2n) is 11.7. The van der Waals surface area contributed by atoms with E-state index < -0.39 is 0 Å². The van der Waals surface area contributed by atoms with E-state index in [-0.39, 0.29) is 31.7 Å². The van der Waals surface area contributed by atoms with Gasteiger partial charge in [0.15, 0.2) is 0 Å². The Balaban J connectivity index is 0.000000357. The van der Waals surface area contributed by atoms with Crippen LogP contribution in [0.4, 0.5) is 5.69 Å². The molecule has 0 amide bonds. The van der Waals surface area contributed by atoms with Crippen LogP contribution in [0.5, 0.6) is 0 Å². The Kier molecular flexibility index (Phi) is 18.6. The van der Waals surface area contributed by atoms with E-state index in [1.54, 1.807) is 0 Å². The van der Waals surface area contributed by atoms with Crippen molar-refractivity contribution in [2.45, 2.75) is 65.3 Å². The van der Waals surface area contributed by atoms with Crippen molar-refractivity contribution in [3.63, 3.8) is 0 Å². The molecule has 0 atom stereocenters. The Bertz CT molecular complexity index is 1370. The number of nitrogens with zero attached hydrogens (tertiary/aromatic N) is 2. The van der Waals surface area contributed by atoms with Gasteiger partial charge in [-0.25, -0.2) is 0 Å². The summed E-state index contributed by atoms with van der Waals surface area (Å²) in [6.45, 7) is 24.4. The maximum atomic E-state index is 5.14. The molecule has 0 aliphatic carbocycles. The van der Waals surface area contributed by atoms with Crippen LogP contribution < -0.4 is 0 Å². The number of pyridine rings is 1. The summed E-state index contributed by atoms with van der Waals surface area (Å²) in [4.78, 5) is 4.50. The summed E-state index contributed by atoms with van der Waals surface area (Å²) in [5.41, 5.74) is 7.88. The summed E-state index contributed by atoms with van der Waals surface area (Å²) < 4.78 is 0. The SMILES string of the molecule is CC(C)c1cccc(C(C)C)c1[N-]C(C)(C)c1ccccn1.[CH2-]Cc1ccccc1.[CH2-]c1ccccc1.[CH2-]c1ccccc1.[Zr+4]. The Morgan fingerprint density at radius 1 is 0.600 bits per heavy atom. The minimum atomic E-state index is -0.337. The van der Waals surface area contributed by atoms with Crippen LogP contribution in [-0.2, 0) is 38.2 Å². The molecule has 0 radical (unpaired) electrons. The smallest absolute Gasteiger partial charge is 0.674 e. The van der Waals surface area contributed by atoms with Crippen molar-refractivity contribution in [1.29, 1.82) is 0 Å². The van der Waals surface area contributed by atoms with Crippen molar-refractivity contribution in [2.24, 2.45) is 0 Å². The van der Waals surface area contributed by atoms with Crippen LogP contribution in [0.25, 0.3) is 5.32 Å². The zero-order valence-corrected chi connectivity index (χ0v) is 30.5. The van der Waals surface area contributed by atoms with Crippen LogP contribution in [0.1, 0.15) is 86.9 Å². The molecule has 45 heavy (non-hydrogen) atoms. The third kappa shape index (κ3) is 14.9. The molecule has 4 aromatic carbocycles. The molecule has 1 aromatic heterocycles. The normalized spacial score (nSPS) is 10.2. The summed E-state index contributed by atoms with van der Waals surface area (Å²) in [6.07, 6.45) is 2.73. The van der Waals surface area contributed by atoms with E-state index in [9.17, 15) is 0 Å². The number of hydrogen-bond donors (Lipinski definition) is 0. The molecule has 1 heterocycles. The van der Waals surface area contributed by atoms with Gasteiger partial charge in [0.25, 0.3) is 0 Å². The molecule has 2 nitrogen and oxygen atoms in total. The molecule has 0 saturated heterocycles. The van der Waals surface area contributed by atoms with Crippen molar-refractivity contribution in [1.82, 2.24) is 4.98 Å². The van der Waals surface area contributed by atoms with E-state index >= 15 is 0 Å². The van der Waals surface area contributed by atoms with Gasteiger partial charge in [0.2, 0.25) is 0 Å². The van der Waals surface area contributed by atoms with Gasteiger partial charge in [0, 0.05) is 11.9 Å². The van der Waals surface area contributed by atoms with Crippen LogP contribution in [0.3, 0.4) is 0 Å². The van der Waals surface area contributed by atoms with Crippen LogP contribution >= 0.6 is 0 Å². The Labute approximate surface area is 293 Å². The molecule has 0 aliphatic rings. The molecule has 3 heteroatoms. The topological polar surface area (TPSA) is 27.0 Å². The largest absolute Gasteiger partial charge is 4.00 e. The van der Waals surface area contributed by atoms with E-state index in [2.05, 4.69) is 104 Å². The molecule has 0 spiro atoms. The number of para-hydroxylation sites is 1. The average molecular weight is 674 g/mol. The third-order valence-corrected chi connectivity index (χ3v) is 6.84. The Morgan fingerprint density at radius 3 is 1.33 bits per heavy atom. The molecule has 0 bridgehead atoms. The summed E-state index contributed by atoms with van der Waals surface area (Å²) in [7, 11) is 0. The van der Waals surface area contributed by atoms with Crippen LogP contribution in [0.2, 0.25) is 0 Å². The second-order valence-corrected chi connectivity index (χ2v) is 11.7. The molecule has 0 unspecified atom stereocenters. The van der Waals surface area contributed by atoms with E-state index in [4.69, 9.17) is 5.32 Å². The monoisotopic (exact) mass is 672 g/mol. The van der Waals surface area contributed by atoms with Gasteiger partial charge in [-0.2, -0.15) is 55.7 Å². The van der Waals surface area contributed by atoms with E-state index in [1.807, 2.05) is 97.2 Å². The van der Waals surface area contributed by atoms with Crippen molar-refractivity contribution in [3.05, 3.63) is 193 Å². The number of aromatic nitrogens is 1. The standard InChI is InChI=1S/C20H27N2.C8H9.2C7H7.Zr/c1-14(2)16-10-9-11-17(15(3)4)19(16)22-20(5,6)18-12-7-8-13-21-18;1-2-8-6-4-3-5-7-8;2*1-7-5-3-2-4-6-7;/h7-15H,1-6H3;3-7H,1-2H2;2*2-6H,1H2;/q4*-1;+4. The molecule has 0 saturated carbocycles. The molecule has 0 aliphatic heterocycles. The number of rotatable bonds is 6. The molecule has 5 rings (SSSR count). The fraction of sp³-hybridized carbons (Fsp3) is 0.238. The van der Waals surface area contributed by atoms with Gasteiger partial charge in [-0.3, -0.25) is 4.98 Å². The first-order chi connectivity index (χ1) is 21.0. The van der Waals surface area contributed by atoms with Crippen molar-refractivity contribution in [2.75, 3.05) is 0 Å². The minimum absolute atomic E-state index is 0. The summed E-state index contributed by atoms with van der Waals surface area (Å²) in [5.74, 6) is 0.911. The first-order valence-corrected chi connectivity index (χ1v) is 15.4. The third-order valence-electron chi connectivity index (χ3n) is 6.84. The van der Waals surface area contributed by atoms with Crippen molar-refractivity contribution in [3.8, 4) is 0 Å². The summed E-state index contributed by atoms with van der Waals surface area (Å²) in [5, 5.41) is 5.14. The van der Waals surface area contributed by atoms with Crippen LogP contribution in [0.15, 0.2) is 134 Å². The quantitative estimate of drug-likeness (QED) is 0.165. The number of hydrogen-bond acceptors (Lipinski definition) is 1. The Morgan fingerprint density at radius 2 is 1.02 bits per heavy atom. The zero-order valence-electron chi connectivity index (χ0n) is 28.1. The van der Waals surface area contributed by atoms with Gasteiger partial charge in [-0.05, 0) is 24.0 Å². The predicted molar refractivity (Wildman–Crippen MR) is 192 cm³/mol. The molecular formula is C42H50N2Zr. The number of benzene rings is 4. The molecular weight excluding hydrogens is 624 g/mol. The van der Waals surface area contributed by atoms with E-state index in [0.717, 1.165) is 28.9 Å². The average Bonchev–Trinajstić information content (AvgIpc) is 3.03. The van der Waals surface area contributed by atoms with Crippen LogP contribution in [0, 0.1) is 20.8 Å². The first kappa shape index (κ1) is 39.5. The van der Waals surface area contributed by atoms with Crippen LogP contribution in [-0.4, -0.2) is 4.98 Å². The van der Waals surface area contributed by atoms with Gasteiger partial charge < -0.3 is 12.2 Å². The first-order valence-electron chi connectivity index (χ1n) is 15.4. The van der Waals surface area contributed by atoms with Gasteiger partial charge in [-0.1, -0.05) is 131 Å². The maximum absolute atomic E-state index is 5.14. The van der Waals surface area contributed by atoms with E-state index in [1.165, 1.54) is 16.7 Å². The van der Waals surface area contributed by atoms with Gasteiger partial charge in [0.1, 0.15) is 0 Å². The molecule has 5 aromatic rings. The molecule has 0 N–H and O–H groups in total. The molecule has 232 valence electrons. The van der Waals surface area contributed by atoms with Crippen molar-refractivity contribution < 1.29 is 26.2 Å². The van der Waals surface area contributed by atoms with Crippen molar-refractivity contribution >= 4 is 5.69 Å². The fourth-order valence-corrected chi connectivity index (χ4v) is 4.30. The summed E-state index contributed by atoms with van der Waals surface area (Å²) in [6, 6.07) is 42.5. The zero-order chi connectivity index (χ0) is 32.4. The predicted octanol–water partition coefficient (Wildman–Crippen LogP) is 12.1. The van der Waals surface area contributed by atoms with Gasteiger partial charge >= 0.3 is 26.2 Å². The second kappa shape index (κ2) is 21.2. The minimum Gasteiger partial charge on any atom is -0.674 e. The van der Waals surface area contributed by atoms with Gasteiger partial charge in [0.05, 0.1) is 0 Å². The summed E-state index contributed by atoms with van der Waals surface area (Å²) >= 11 is 0. The van der Waals surface area contributed by atoms with Gasteiger partial charge in [-0.15, -0.1) is 30.0 Å². The maximum Gasteiger partial charge on any atom is 4.00 e. The van der Waals surface area contributed by atoms with E-state index in [0.29, 0.717) is 11.8 Å².